The van der Waals surface area contributed by atoms with E-state index in [2.05, 4.69) is 40.7 Å². The lowest BCUT2D eigenvalue weighted by atomic mass is 10.4. The third kappa shape index (κ3) is 5.11. The molecule has 0 aliphatic carbocycles. The average molecular weight is 345 g/mol. The van der Waals surface area contributed by atoms with Crippen molar-refractivity contribution in [3.8, 4) is 0 Å². The molecule has 0 fully saturated rings. The largest absolute Gasteiger partial charge is 0.433 e. The Morgan fingerprint density at radius 2 is 2.00 bits per heavy atom. The average Bonchev–Trinajstić information content (AvgIpc) is 2.52. The predicted octanol–water partition coefficient (Wildman–Crippen LogP) is 3.98. The quantitative estimate of drug-likeness (QED) is 0.596. The van der Waals surface area contributed by atoms with E-state index in [-0.39, 0.29) is 11.3 Å². The predicted molar refractivity (Wildman–Crippen MR) is 69.0 cm³/mol. The number of halogens is 4. The van der Waals surface area contributed by atoms with Gasteiger partial charge in [-0.3, -0.25) is 0 Å². The van der Waals surface area contributed by atoms with Crippen molar-refractivity contribution in [2.45, 2.75) is 38.6 Å². The Morgan fingerprint density at radius 3 is 2.50 bits per heavy atom. The van der Waals surface area contributed by atoms with Gasteiger partial charge in [0.05, 0.1) is 0 Å². The van der Waals surface area contributed by atoms with E-state index in [1.807, 2.05) is 0 Å². The summed E-state index contributed by atoms with van der Waals surface area (Å²) in [5.74, 6) is 0. The lowest BCUT2D eigenvalue weighted by Gasteiger charge is -2.16. The van der Waals surface area contributed by atoms with Crippen LogP contribution in [-0.4, -0.2) is 24.5 Å². The van der Waals surface area contributed by atoms with Crippen LogP contribution in [0.5, 0.6) is 0 Å². The van der Waals surface area contributed by atoms with E-state index in [9.17, 15) is 13.2 Å². The Kier molecular flexibility index (Phi) is 5.02. The van der Waals surface area contributed by atoms with Gasteiger partial charge in [0.25, 0.3) is 0 Å². The van der Waals surface area contributed by atoms with Crippen molar-refractivity contribution in [2.75, 3.05) is 6.61 Å². The Labute approximate surface area is 113 Å². The second-order valence-electron chi connectivity index (χ2n) is 5.20. The number of aromatic nitrogens is 2. The molecule has 0 aliphatic heterocycles. The molecule has 0 aliphatic rings. The van der Waals surface area contributed by atoms with E-state index in [0.717, 1.165) is 16.8 Å². The first kappa shape index (κ1) is 15.7. The van der Waals surface area contributed by atoms with E-state index in [1.54, 1.807) is 0 Å². The smallest absolute Gasteiger partial charge is 0.360 e. The van der Waals surface area contributed by atoms with Crippen LogP contribution in [0.15, 0.2) is 10.7 Å². The fourth-order valence-corrected chi connectivity index (χ4v) is 2.41. The Balaban J connectivity index is 2.58. The molecule has 0 unspecified atom stereocenters. The van der Waals surface area contributed by atoms with E-state index in [0.29, 0.717) is 6.61 Å². The van der Waals surface area contributed by atoms with Crippen LogP contribution >= 0.6 is 15.9 Å². The molecule has 1 aromatic rings. The number of rotatable bonds is 5. The summed E-state index contributed by atoms with van der Waals surface area (Å²) in [6.07, 6.45) is -4.42. The highest BCUT2D eigenvalue weighted by atomic mass is 79.9. The molecule has 0 amide bonds. The zero-order chi connectivity index (χ0) is 14.0. The Hall–Kier alpha value is -0.343. The fourth-order valence-electron chi connectivity index (χ4n) is 1.24. The molecule has 18 heavy (non-hydrogen) atoms. The molecule has 0 spiro atoms. The van der Waals surface area contributed by atoms with Crippen LogP contribution < -0.4 is 0 Å². The molecule has 0 bridgehead atoms. The Morgan fingerprint density at radius 1 is 1.39 bits per heavy atom. The van der Waals surface area contributed by atoms with Gasteiger partial charge in [-0.1, -0.05) is 19.6 Å². The molecule has 0 saturated carbocycles. The molecule has 0 radical (unpaired) electrons. The molecule has 0 aromatic carbocycles. The summed E-state index contributed by atoms with van der Waals surface area (Å²) in [4.78, 5) is 0. The van der Waals surface area contributed by atoms with Gasteiger partial charge >= 0.3 is 6.18 Å². The van der Waals surface area contributed by atoms with Crippen molar-refractivity contribution in [1.82, 2.24) is 9.78 Å². The van der Waals surface area contributed by atoms with E-state index < -0.39 is 19.9 Å². The molecule has 8 heteroatoms. The topological polar surface area (TPSA) is 27.1 Å². The molecule has 1 heterocycles. The summed E-state index contributed by atoms with van der Waals surface area (Å²) in [6, 6.07) is 1.86. The first-order chi connectivity index (χ1) is 8.09. The standard InChI is InChI=1S/C10H16BrF3N2OSi/c1-18(2,3)5-4-17-7-16-8(10(12,13)14)6-9(11)15-16/h6H,4-5,7H2,1-3H3. The van der Waals surface area contributed by atoms with Gasteiger partial charge in [-0.2, -0.15) is 18.3 Å². The van der Waals surface area contributed by atoms with Crippen molar-refractivity contribution in [1.29, 1.82) is 0 Å². The molecule has 1 rings (SSSR count). The van der Waals surface area contributed by atoms with Crippen LogP contribution in [0.2, 0.25) is 25.7 Å². The third-order valence-corrected chi connectivity index (χ3v) is 4.34. The maximum atomic E-state index is 12.6. The highest BCUT2D eigenvalue weighted by Gasteiger charge is 2.35. The zero-order valence-electron chi connectivity index (χ0n) is 10.5. The number of hydrogen-bond donors (Lipinski definition) is 0. The number of hydrogen-bond acceptors (Lipinski definition) is 2. The number of ether oxygens (including phenoxy) is 1. The summed E-state index contributed by atoms with van der Waals surface area (Å²) >= 11 is 2.94. The van der Waals surface area contributed by atoms with Crippen molar-refractivity contribution in [2.24, 2.45) is 0 Å². The second kappa shape index (κ2) is 5.75. The molecule has 0 atom stereocenters. The van der Waals surface area contributed by atoms with Crippen molar-refractivity contribution >= 4 is 24.0 Å². The minimum atomic E-state index is -4.42. The van der Waals surface area contributed by atoms with Crippen LogP contribution in [-0.2, 0) is 17.6 Å². The van der Waals surface area contributed by atoms with Gasteiger partial charge in [-0.05, 0) is 22.0 Å². The summed E-state index contributed by atoms with van der Waals surface area (Å²) in [5.41, 5.74) is -0.803. The Bertz CT molecular complexity index is 401. The van der Waals surface area contributed by atoms with Gasteiger partial charge in [-0.15, -0.1) is 0 Å². The van der Waals surface area contributed by atoms with E-state index in [1.165, 1.54) is 0 Å². The van der Waals surface area contributed by atoms with Crippen LogP contribution in [0.1, 0.15) is 5.69 Å². The minimum Gasteiger partial charge on any atom is -0.360 e. The van der Waals surface area contributed by atoms with Gasteiger partial charge in [0.15, 0.2) is 0 Å². The molecular weight excluding hydrogens is 329 g/mol. The van der Waals surface area contributed by atoms with Gasteiger partial charge in [-0.25, -0.2) is 4.68 Å². The maximum absolute atomic E-state index is 12.6. The lowest BCUT2D eigenvalue weighted by molar-refractivity contribution is -0.146. The molecule has 0 N–H and O–H groups in total. The van der Waals surface area contributed by atoms with Gasteiger partial charge in [0.1, 0.15) is 17.0 Å². The first-order valence-corrected chi connectivity index (χ1v) is 9.98. The van der Waals surface area contributed by atoms with Crippen molar-refractivity contribution < 1.29 is 17.9 Å². The summed E-state index contributed by atoms with van der Waals surface area (Å²) in [7, 11) is -1.23. The molecule has 3 nitrogen and oxygen atoms in total. The van der Waals surface area contributed by atoms with Crippen molar-refractivity contribution in [3.05, 3.63) is 16.4 Å². The van der Waals surface area contributed by atoms with Gasteiger partial charge in [0, 0.05) is 20.7 Å². The molecule has 1 aromatic heterocycles. The first-order valence-electron chi connectivity index (χ1n) is 5.48. The summed E-state index contributed by atoms with van der Waals surface area (Å²) < 4.78 is 44.1. The minimum absolute atomic E-state index is 0.156. The SMILES string of the molecule is C[Si](C)(C)CCOCn1nc(Br)cc1C(F)(F)F. The highest BCUT2D eigenvalue weighted by Crippen LogP contribution is 2.30. The highest BCUT2D eigenvalue weighted by molar-refractivity contribution is 9.10. The normalized spacial score (nSPS) is 13.1. The van der Waals surface area contributed by atoms with Crippen LogP contribution in [0.3, 0.4) is 0 Å². The zero-order valence-corrected chi connectivity index (χ0v) is 13.1. The summed E-state index contributed by atoms with van der Waals surface area (Å²) in [6.45, 7) is 6.83. The molecule has 0 saturated heterocycles. The molecule has 104 valence electrons. The molecular formula is C10H16BrF3N2OSi. The monoisotopic (exact) mass is 344 g/mol. The second-order valence-corrected chi connectivity index (χ2v) is 11.6. The van der Waals surface area contributed by atoms with Gasteiger partial charge in [0.2, 0.25) is 0 Å². The van der Waals surface area contributed by atoms with Crippen LogP contribution in [0, 0.1) is 0 Å². The number of alkyl halides is 3. The third-order valence-electron chi connectivity index (χ3n) is 2.25. The fraction of sp³-hybridized carbons (Fsp3) is 0.700. The van der Waals surface area contributed by atoms with Crippen LogP contribution in [0.4, 0.5) is 13.2 Å². The maximum Gasteiger partial charge on any atom is 0.433 e. The van der Waals surface area contributed by atoms with Crippen molar-refractivity contribution in [3.63, 3.8) is 0 Å². The van der Waals surface area contributed by atoms with Crippen LogP contribution in [0.25, 0.3) is 0 Å². The number of nitrogens with zero attached hydrogens (tertiary/aromatic N) is 2. The van der Waals surface area contributed by atoms with E-state index in [4.69, 9.17) is 4.74 Å². The lowest BCUT2D eigenvalue weighted by Crippen LogP contribution is -2.23. The summed E-state index contributed by atoms with van der Waals surface area (Å²) in [5, 5.41) is 3.71. The van der Waals surface area contributed by atoms with Gasteiger partial charge < -0.3 is 4.74 Å². The van der Waals surface area contributed by atoms with E-state index >= 15 is 0 Å².